The fraction of sp³-hybridized carbons (Fsp3) is 0. The molecule has 0 unspecified atom stereocenters. The first kappa shape index (κ1) is 23.9. The largest absolute Gasteiger partial charge is 0.254 e. The molecule has 0 saturated carbocycles. The highest BCUT2D eigenvalue weighted by Gasteiger charge is 2.27. The maximum absolute atomic E-state index is 5.60. The number of benzene rings is 6. The second-order valence-electron chi connectivity index (χ2n) is 9.23. The summed E-state index contributed by atoms with van der Waals surface area (Å²) in [4.78, 5) is 0. The molecule has 0 fully saturated rings. The van der Waals surface area contributed by atoms with Gasteiger partial charge in [0.25, 0.3) is 0 Å². The zero-order valence-corrected chi connectivity index (χ0v) is 22.0. The monoisotopic (exact) mass is 505 g/mol. The van der Waals surface area contributed by atoms with Gasteiger partial charge in [0.1, 0.15) is 0 Å². The Balaban J connectivity index is 1.45. The Hall–Kier alpha value is -4.45. The maximum atomic E-state index is 5.60. The highest BCUT2D eigenvalue weighted by atomic mass is 31.2. The lowest BCUT2D eigenvalue weighted by molar-refractivity contribution is 1.53. The molecule has 0 bridgehead atoms. The van der Waals surface area contributed by atoms with E-state index >= 15 is 0 Å². The highest BCUT2D eigenvalue weighted by Crippen LogP contribution is 2.49. The van der Waals surface area contributed by atoms with Crippen LogP contribution in [0, 0.1) is 0 Å². The Bertz CT molecular complexity index is 1550. The van der Waals surface area contributed by atoms with Gasteiger partial charge in [0.05, 0.1) is 12.7 Å². The molecule has 0 saturated heterocycles. The third kappa shape index (κ3) is 4.77. The summed E-state index contributed by atoms with van der Waals surface area (Å²) in [6.45, 7) is 0. The molecule has 0 heterocycles. The van der Waals surface area contributed by atoms with Crippen molar-refractivity contribution in [3.05, 3.63) is 170 Å². The van der Waals surface area contributed by atoms with Gasteiger partial charge in [0, 0.05) is 15.9 Å². The summed E-state index contributed by atoms with van der Waals surface area (Å²) in [6.07, 6.45) is 0. The van der Waals surface area contributed by atoms with Crippen LogP contribution in [0.3, 0.4) is 0 Å². The molecule has 6 rings (SSSR count). The molecule has 6 aromatic rings. The Morgan fingerprint density at radius 3 is 0.947 bits per heavy atom. The molecule has 1 nitrogen and oxygen atoms in total. The van der Waals surface area contributed by atoms with Gasteiger partial charge in [-0.25, -0.2) is 0 Å². The van der Waals surface area contributed by atoms with E-state index in [1.807, 2.05) is 0 Å². The van der Waals surface area contributed by atoms with Crippen molar-refractivity contribution in [1.82, 2.24) is 0 Å². The smallest absolute Gasteiger partial charge is 0.0625 e. The van der Waals surface area contributed by atoms with E-state index < -0.39 is 7.05 Å². The molecule has 0 spiro atoms. The molecule has 0 aliphatic rings. The lowest BCUT2D eigenvalue weighted by Crippen LogP contribution is -2.25. The normalized spacial score (nSPS) is 11.2. The van der Waals surface area contributed by atoms with E-state index in [0.717, 1.165) is 5.69 Å². The molecular formula is C36H28NP. The first-order chi connectivity index (χ1) is 18.8. The van der Waals surface area contributed by atoms with Gasteiger partial charge in [-0.1, -0.05) is 158 Å². The number of hydrogen-bond acceptors (Lipinski definition) is 1. The topological polar surface area (TPSA) is 12.4 Å². The SMILES string of the molecule is c1ccc(-c2ccc(-c3ccc(N=P(c4ccccc4)(c4ccccc4)c4ccccc4)cc3)cc2)cc1. The van der Waals surface area contributed by atoms with Crippen LogP contribution in [0.4, 0.5) is 5.69 Å². The lowest BCUT2D eigenvalue weighted by Gasteiger charge is -2.27. The van der Waals surface area contributed by atoms with Crippen LogP contribution in [0.5, 0.6) is 0 Å². The maximum Gasteiger partial charge on any atom is 0.0625 e. The fourth-order valence-corrected chi connectivity index (χ4v) is 8.46. The molecular weight excluding hydrogens is 477 g/mol. The van der Waals surface area contributed by atoms with Crippen molar-refractivity contribution in [3.63, 3.8) is 0 Å². The van der Waals surface area contributed by atoms with Crippen molar-refractivity contribution < 1.29 is 0 Å². The summed E-state index contributed by atoms with van der Waals surface area (Å²) < 4.78 is 5.60. The molecule has 0 radical (unpaired) electrons. The molecule has 0 atom stereocenters. The average molecular weight is 506 g/mol. The summed E-state index contributed by atoms with van der Waals surface area (Å²) in [5.74, 6) is 0. The van der Waals surface area contributed by atoms with Gasteiger partial charge in [0.2, 0.25) is 0 Å². The second kappa shape index (κ2) is 10.9. The van der Waals surface area contributed by atoms with Crippen molar-refractivity contribution in [3.8, 4) is 22.3 Å². The van der Waals surface area contributed by atoms with Gasteiger partial charge in [-0.15, -0.1) is 0 Å². The fourth-order valence-electron chi connectivity index (χ4n) is 4.93. The summed E-state index contributed by atoms with van der Waals surface area (Å²) in [7, 11) is -2.28. The number of hydrogen-bond donors (Lipinski definition) is 0. The molecule has 0 aliphatic carbocycles. The zero-order valence-electron chi connectivity index (χ0n) is 21.1. The molecule has 182 valence electrons. The third-order valence-electron chi connectivity index (χ3n) is 6.85. The molecule has 0 aromatic heterocycles. The van der Waals surface area contributed by atoms with Gasteiger partial charge in [-0.2, -0.15) is 0 Å². The Labute approximate surface area is 225 Å². The van der Waals surface area contributed by atoms with Crippen LogP contribution >= 0.6 is 7.05 Å². The zero-order chi connectivity index (χ0) is 25.6. The minimum Gasteiger partial charge on any atom is -0.254 e. The molecule has 2 heteroatoms. The average Bonchev–Trinajstić information content (AvgIpc) is 3.02. The molecule has 0 amide bonds. The predicted molar refractivity (Wildman–Crippen MR) is 165 cm³/mol. The molecule has 38 heavy (non-hydrogen) atoms. The Morgan fingerprint density at radius 1 is 0.289 bits per heavy atom. The minimum absolute atomic E-state index is 0.986. The van der Waals surface area contributed by atoms with Crippen molar-refractivity contribution in [1.29, 1.82) is 0 Å². The first-order valence-corrected chi connectivity index (χ1v) is 14.6. The van der Waals surface area contributed by atoms with E-state index in [1.54, 1.807) is 0 Å². The van der Waals surface area contributed by atoms with Crippen molar-refractivity contribution in [2.24, 2.45) is 4.74 Å². The van der Waals surface area contributed by atoms with Crippen LogP contribution in [0.15, 0.2) is 175 Å². The minimum atomic E-state index is -2.28. The number of rotatable bonds is 6. The highest BCUT2D eigenvalue weighted by molar-refractivity contribution is 7.87. The van der Waals surface area contributed by atoms with Crippen LogP contribution in [0.2, 0.25) is 0 Å². The van der Waals surface area contributed by atoms with E-state index in [-0.39, 0.29) is 0 Å². The summed E-state index contributed by atoms with van der Waals surface area (Å²) in [5, 5.41) is 3.74. The van der Waals surface area contributed by atoms with Gasteiger partial charge in [-0.05, 0) is 34.4 Å². The summed E-state index contributed by atoms with van der Waals surface area (Å²) in [5.41, 5.74) is 5.83. The Kier molecular flexibility index (Phi) is 6.85. The Morgan fingerprint density at radius 2 is 0.579 bits per heavy atom. The number of nitrogens with zero attached hydrogens (tertiary/aromatic N) is 1. The van der Waals surface area contributed by atoms with Crippen LogP contribution in [-0.4, -0.2) is 0 Å². The van der Waals surface area contributed by atoms with Gasteiger partial charge < -0.3 is 0 Å². The van der Waals surface area contributed by atoms with Gasteiger partial charge in [-0.3, -0.25) is 4.74 Å². The predicted octanol–water partition coefficient (Wildman–Crippen LogP) is 8.83. The standard InChI is InChI=1S/C36H28NP/c1-5-13-29(14-6-1)30-21-23-31(24-22-30)32-25-27-33(28-26-32)37-38(34-15-7-2-8-16-34,35-17-9-3-10-18-35)36-19-11-4-12-20-36/h1-28H. The van der Waals surface area contributed by atoms with E-state index in [2.05, 4.69) is 170 Å². The van der Waals surface area contributed by atoms with Crippen LogP contribution in [0.25, 0.3) is 22.3 Å². The van der Waals surface area contributed by atoms with E-state index in [0.29, 0.717) is 0 Å². The van der Waals surface area contributed by atoms with Gasteiger partial charge >= 0.3 is 0 Å². The lowest BCUT2D eigenvalue weighted by atomic mass is 10.0. The van der Waals surface area contributed by atoms with Crippen LogP contribution in [-0.2, 0) is 0 Å². The first-order valence-electron chi connectivity index (χ1n) is 12.9. The van der Waals surface area contributed by atoms with Crippen LogP contribution < -0.4 is 15.9 Å². The van der Waals surface area contributed by atoms with Crippen molar-refractivity contribution >= 4 is 28.7 Å². The third-order valence-corrected chi connectivity index (χ3v) is 10.5. The van der Waals surface area contributed by atoms with Crippen LogP contribution in [0.1, 0.15) is 0 Å². The van der Waals surface area contributed by atoms with E-state index in [4.69, 9.17) is 4.74 Å². The molecule has 0 N–H and O–H groups in total. The van der Waals surface area contributed by atoms with E-state index in [9.17, 15) is 0 Å². The summed E-state index contributed by atoms with van der Waals surface area (Å²) in [6, 6.07) is 60.2. The molecule has 6 aromatic carbocycles. The summed E-state index contributed by atoms with van der Waals surface area (Å²) >= 11 is 0. The second-order valence-corrected chi connectivity index (χ2v) is 12.3. The van der Waals surface area contributed by atoms with Gasteiger partial charge in [0.15, 0.2) is 0 Å². The van der Waals surface area contributed by atoms with E-state index in [1.165, 1.54) is 38.2 Å². The quantitative estimate of drug-likeness (QED) is 0.201. The van der Waals surface area contributed by atoms with Crippen molar-refractivity contribution in [2.45, 2.75) is 0 Å². The van der Waals surface area contributed by atoms with Crippen molar-refractivity contribution in [2.75, 3.05) is 0 Å². The molecule has 0 aliphatic heterocycles.